The molecule has 0 bridgehead atoms. The van der Waals surface area contributed by atoms with Gasteiger partial charge in [0.05, 0.1) is 6.57 Å². The summed E-state index contributed by atoms with van der Waals surface area (Å²) in [6.07, 6.45) is -3.60. The predicted molar refractivity (Wildman–Crippen MR) is 80.7 cm³/mol. The molecule has 0 fully saturated rings. The first-order valence-corrected chi connectivity index (χ1v) is 7.84. The molecule has 0 radical (unpaired) electrons. The van der Waals surface area contributed by atoms with Crippen LogP contribution in [0.2, 0.25) is 0 Å². The quantitative estimate of drug-likeness (QED) is 0.495. The van der Waals surface area contributed by atoms with Crippen LogP contribution in [0.5, 0.6) is 11.5 Å². The SMILES string of the molecule is [C-]#[N+]c1cc(F)cc(Oc2ccc3c4c2[C@@H](F)C(F)(F)[C@]4(O)C(F)(F)C3(F)F)c1. The molecule has 0 saturated heterocycles. The van der Waals surface area contributed by atoms with Gasteiger partial charge >= 0.3 is 17.8 Å². The van der Waals surface area contributed by atoms with E-state index in [4.69, 9.17) is 11.3 Å². The van der Waals surface area contributed by atoms with Gasteiger partial charge < -0.3 is 9.84 Å². The predicted octanol–water partition coefficient (Wildman–Crippen LogP) is 5.76. The summed E-state index contributed by atoms with van der Waals surface area (Å²) in [6.45, 7) is 6.84. The lowest BCUT2D eigenvalue weighted by Crippen LogP contribution is -2.58. The van der Waals surface area contributed by atoms with Crippen molar-refractivity contribution in [3.8, 4) is 11.5 Å². The number of ether oxygens (including phenoxy) is 1. The molecular formula is C18H7F8NO2. The monoisotopic (exact) mass is 421 g/mol. The van der Waals surface area contributed by atoms with Gasteiger partial charge in [-0.2, -0.15) is 26.3 Å². The minimum atomic E-state index is -5.71. The van der Waals surface area contributed by atoms with E-state index in [0.717, 1.165) is 12.1 Å². The van der Waals surface area contributed by atoms with E-state index >= 15 is 0 Å². The summed E-state index contributed by atoms with van der Waals surface area (Å²) >= 11 is 0. The van der Waals surface area contributed by atoms with E-state index in [-0.39, 0.29) is 5.69 Å². The number of nitrogens with zero attached hydrogens (tertiary/aromatic N) is 1. The zero-order valence-electron chi connectivity index (χ0n) is 13.8. The highest BCUT2D eigenvalue weighted by Gasteiger charge is 2.88. The van der Waals surface area contributed by atoms with Gasteiger partial charge in [-0.3, -0.25) is 0 Å². The molecule has 0 aliphatic heterocycles. The van der Waals surface area contributed by atoms with Gasteiger partial charge in [0, 0.05) is 22.8 Å². The fourth-order valence-corrected chi connectivity index (χ4v) is 3.68. The molecule has 0 unspecified atom stereocenters. The molecule has 0 heterocycles. The molecule has 3 nitrogen and oxygen atoms in total. The highest BCUT2D eigenvalue weighted by atomic mass is 19.3. The second-order valence-electron chi connectivity index (χ2n) is 6.60. The van der Waals surface area contributed by atoms with E-state index in [2.05, 4.69) is 4.85 Å². The molecule has 0 amide bonds. The smallest absolute Gasteiger partial charge is 0.352 e. The largest absolute Gasteiger partial charge is 0.458 e. The molecule has 152 valence electrons. The van der Waals surface area contributed by atoms with E-state index in [1.54, 1.807) is 0 Å². The molecular weight excluding hydrogens is 414 g/mol. The summed E-state index contributed by atoms with van der Waals surface area (Å²) in [6, 6.07) is 3.27. The van der Waals surface area contributed by atoms with Crippen molar-refractivity contribution < 1.29 is 45.0 Å². The lowest BCUT2D eigenvalue weighted by molar-refractivity contribution is -0.347. The van der Waals surface area contributed by atoms with Crippen molar-refractivity contribution in [1.29, 1.82) is 0 Å². The summed E-state index contributed by atoms with van der Waals surface area (Å²) in [5, 5.41) is 10.0. The highest BCUT2D eigenvalue weighted by molar-refractivity contribution is 5.63. The molecule has 2 atom stereocenters. The van der Waals surface area contributed by atoms with Gasteiger partial charge in [-0.25, -0.2) is 13.6 Å². The molecule has 0 aromatic heterocycles. The van der Waals surface area contributed by atoms with Crippen LogP contribution in [0.15, 0.2) is 30.3 Å². The van der Waals surface area contributed by atoms with Gasteiger partial charge in [-0.05, 0) is 24.3 Å². The van der Waals surface area contributed by atoms with Gasteiger partial charge in [0.2, 0.25) is 5.60 Å². The first kappa shape index (κ1) is 19.4. The van der Waals surface area contributed by atoms with Crippen LogP contribution in [-0.2, 0) is 11.5 Å². The van der Waals surface area contributed by atoms with Crippen LogP contribution in [0.4, 0.5) is 40.8 Å². The maximum Gasteiger partial charge on any atom is 0.352 e. The van der Waals surface area contributed by atoms with Gasteiger partial charge in [-0.15, -0.1) is 0 Å². The molecule has 29 heavy (non-hydrogen) atoms. The lowest BCUT2D eigenvalue weighted by Gasteiger charge is -2.35. The Kier molecular flexibility index (Phi) is 3.61. The first-order valence-electron chi connectivity index (χ1n) is 7.84. The van der Waals surface area contributed by atoms with Crippen LogP contribution in [-0.4, -0.2) is 17.0 Å². The third-order valence-electron chi connectivity index (χ3n) is 5.02. The Hall–Kier alpha value is -2.87. The van der Waals surface area contributed by atoms with Crippen molar-refractivity contribution in [3.63, 3.8) is 0 Å². The third-order valence-corrected chi connectivity index (χ3v) is 5.02. The molecule has 2 aliphatic rings. The average Bonchev–Trinajstić information content (AvgIpc) is 2.87. The Morgan fingerprint density at radius 3 is 2.31 bits per heavy atom. The summed E-state index contributed by atoms with van der Waals surface area (Å²) in [5.41, 5.74) is -9.80. The fourth-order valence-electron chi connectivity index (χ4n) is 3.68. The molecule has 2 aliphatic carbocycles. The van der Waals surface area contributed by atoms with Crippen molar-refractivity contribution >= 4 is 5.69 Å². The maximum absolute atomic E-state index is 14.5. The third kappa shape index (κ3) is 2.04. The van der Waals surface area contributed by atoms with Crippen LogP contribution >= 0.6 is 0 Å². The van der Waals surface area contributed by atoms with Crippen LogP contribution in [0.1, 0.15) is 22.9 Å². The summed E-state index contributed by atoms with van der Waals surface area (Å²) < 4.78 is 118. The van der Waals surface area contributed by atoms with Crippen molar-refractivity contribution in [2.24, 2.45) is 0 Å². The minimum Gasteiger partial charge on any atom is -0.458 e. The molecule has 1 N–H and O–H groups in total. The molecule has 0 spiro atoms. The van der Waals surface area contributed by atoms with Gasteiger partial charge in [-0.1, -0.05) is 0 Å². The normalized spacial score (nSPS) is 27.4. The van der Waals surface area contributed by atoms with E-state index in [9.17, 15) is 40.2 Å². The number of benzene rings is 2. The van der Waals surface area contributed by atoms with Crippen LogP contribution in [0.3, 0.4) is 0 Å². The minimum absolute atomic E-state index is 0.283. The molecule has 4 rings (SSSR count). The Bertz CT molecular complexity index is 1090. The zero-order chi connectivity index (χ0) is 21.6. The van der Waals surface area contributed by atoms with Gasteiger partial charge in [0.1, 0.15) is 17.3 Å². The van der Waals surface area contributed by atoms with Crippen molar-refractivity contribution in [1.82, 2.24) is 0 Å². The number of alkyl halides is 7. The number of rotatable bonds is 2. The Morgan fingerprint density at radius 2 is 1.69 bits per heavy atom. The van der Waals surface area contributed by atoms with Crippen LogP contribution < -0.4 is 4.74 Å². The number of aliphatic hydroxyl groups is 1. The number of halogens is 8. The Labute approximate surface area is 157 Å². The summed E-state index contributed by atoms with van der Waals surface area (Å²) in [5.74, 6) is -18.6. The zero-order valence-corrected chi connectivity index (χ0v) is 13.8. The second kappa shape index (κ2) is 5.38. The van der Waals surface area contributed by atoms with E-state index < -0.39 is 63.5 Å². The molecule has 2 aromatic rings. The number of hydrogen-bond donors (Lipinski definition) is 1. The fraction of sp³-hybridized carbons (Fsp3) is 0.278. The topological polar surface area (TPSA) is 33.8 Å². The van der Waals surface area contributed by atoms with Gasteiger partial charge in [0.15, 0.2) is 11.9 Å². The van der Waals surface area contributed by atoms with Crippen LogP contribution in [0, 0.1) is 12.4 Å². The van der Waals surface area contributed by atoms with E-state index in [0.29, 0.717) is 18.2 Å². The summed E-state index contributed by atoms with van der Waals surface area (Å²) in [4.78, 5) is 2.93. The average molecular weight is 421 g/mol. The molecule has 11 heteroatoms. The lowest BCUT2D eigenvalue weighted by atomic mass is 9.91. The molecule has 0 saturated carbocycles. The standard InChI is InChI=1S/C18H7F8NO2/c1-27-8-4-7(19)5-9(6-8)29-11-3-2-10-13-12(11)14(20)17(23,24)15(13,28)18(25,26)16(10,21)22/h2-6,14,28H/t14-,15+/m1/s1. The number of hydrogen-bond acceptors (Lipinski definition) is 2. The molecule has 2 aromatic carbocycles. The second-order valence-corrected chi connectivity index (χ2v) is 6.60. The van der Waals surface area contributed by atoms with E-state index in [1.165, 1.54) is 0 Å². The summed E-state index contributed by atoms with van der Waals surface area (Å²) in [7, 11) is 0. The van der Waals surface area contributed by atoms with Crippen LogP contribution in [0.25, 0.3) is 4.85 Å². The van der Waals surface area contributed by atoms with Crippen molar-refractivity contribution in [3.05, 3.63) is 64.3 Å². The highest BCUT2D eigenvalue weighted by Crippen LogP contribution is 2.73. The van der Waals surface area contributed by atoms with Crippen molar-refractivity contribution in [2.45, 2.75) is 29.5 Å². The first-order chi connectivity index (χ1) is 13.3. The van der Waals surface area contributed by atoms with Crippen molar-refractivity contribution in [2.75, 3.05) is 0 Å². The Morgan fingerprint density at radius 1 is 1.03 bits per heavy atom. The Balaban J connectivity index is 1.96. The van der Waals surface area contributed by atoms with Gasteiger partial charge in [0.25, 0.3) is 0 Å². The maximum atomic E-state index is 14.5. The van der Waals surface area contributed by atoms with E-state index in [1.807, 2.05) is 0 Å².